The average Bonchev–Trinajstić information content (AvgIpc) is 3.44. The molecule has 34 heavy (non-hydrogen) atoms. The Morgan fingerprint density at radius 1 is 0.882 bits per heavy atom. The first-order valence-corrected chi connectivity index (χ1v) is 14.0. The Bertz CT molecular complexity index is 812. The molecule has 0 amide bonds. The van der Waals surface area contributed by atoms with E-state index in [-0.39, 0.29) is 17.8 Å². The highest BCUT2D eigenvalue weighted by Gasteiger charge is 2.40. The lowest BCUT2D eigenvalue weighted by Gasteiger charge is -2.30. The van der Waals surface area contributed by atoms with Gasteiger partial charge < -0.3 is 9.47 Å². The summed E-state index contributed by atoms with van der Waals surface area (Å²) in [5.41, 5.74) is 2.21. The van der Waals surface area contributed by atoms with Crippen LogP contribution >= 0.6 is 0 Å². The smallest absolute Gasteiger partial charge is 0.200 e. The summed E-state index contributed by atoms with van der Waals surface area (Å²) in [7, 11) is 0. The van der Waals surface area contributed by atoms with Crippen LogP contribution in [0.4, 0.5) is 8.78 Å². The van der Waals surface area contributed by atoms with Crippen LogP contribution in [0.3, 0.4) is 0 Å². The molecule has 0 aliphatic heterocycles. The van der Waals surface area contributed by atoms with Crippen molar-refractivity contribution in [1.82, 2.24) is 0 Å². The number of benzene rings is 1. The molecular formula is C30H44F2O2. The zero-order valence-corrected chi connectivity index (χ0v) is 21.3. The maximum absolute atomic E-state index is 14.8. The molecule has 2 saturated carbocycles. The zero-order valence-electron chi connectivity index (χ0n) is 21.3. The molecule has 4 heteroatoms. The van der Waals surface area contributed by atoms with E-state index in [2.05, 4.69) is 19.9 Å². The number of fused-ring (bicyclic) bond motifs is 1. The van der Waals surface area contributed by atoms with E-state index in [9.17, 15) is 8.78 Å². The number of ether oxygens (including phenoxy) is 2. The van der Waals surface area contributed by atoms with Crippen molar-refractivity contribution in [2.45, 2.75) is 109 Å². The third-order valence-corrected chi connectivity index (χ3v) is 8.63. The molecule has 0 N–H and O–H groups in total. The van der Waals surface area contributed by atoms with Crippen molar-refractivity contribution in [3.05, 3.63) is 41.0 Å². The first-order chi connectivity index (χ1) is 16.6. The van der Waals surface area contributed by atoms with Gasteiger partial charge in [-0.2, -0.15) is 4.39 Å². The maximum atomic E-state index is 14.8. The number of hydrogen-bond acceptors (Lipinski definition) is 2. The quantitative estimate of drug-likeness (QED) is 0.223. The lowest BCUT2D eigenvalue weighted by Crippen LogP contribution is -2.25. The Balaban J connectivity index is 1.21. The van der Waals surface area contributed by atoms with Gasteiger partial charge in [0.2, 0.25) is 5.82 Å². The van der Waals surface area contributed by atoms with E-state index >= 15 is 0 Å². The lowest BCUT2D eigenvalue weighted by atomic mass is 9.82. The fourth-order valence-corrected chi connectivity index (χ4v) is 6.67. The minimum Gasteiger partial charge on any atom is -0.490 e. The monoisotopic (exact) mass is 474 g/mol. The number of hydrogen-bond donors (Lipinski definition) is 0. The molecule has 0 radical (unpaired) electrons. The zero-order chi connectivity index (χ0) is 23.9. The number of allylic oxidation sites excluding steroid dienone is 2. The molecule has 0 bridgehead atoms. The van der Waals surface area contributed by atoms with E-state index in [0.29, 0.717) is 18.1 Å². The Hall–Kier alpha value is -1.42. The number of rotatable bonds is 12. The molecule has 2 nitrogen and oxygen atoms in total. The summed E-state index contributed by atoms with van der Waals surface area (Å²) in [5, 5.41) is 0. The van der Waals surface area contributed by atoms with Crippen molar-refractivity contribution < 1.29 is 18.3 Å². The summed E-state index contributed by atoms with van der Waals surface area (Å²) in [5.74, 6) is 0.869. The molecule has 3 unspecified atom stereocenters. The van der Waals surface area contributed by atoms with Crippen molar-refractivity contribution in [2.24, 2.45) is 17.8 Å². The van der Waals surface area contributed by atoms with Crippen LogP contribution in [-0.4, -0.2) is 19.3 Å². The maximum Gasteiger partial charge on any atom is 0.200 e. The van der Waals surface area contributed by atoms with Gasteiger partial charge in [-0.15, -0.1) is 0 Å². The first kappa shape index (κ1) is 25.7. The van der Waals surface area contributed by atoms with Crippen LogP contribution in [0.25, 0.3) is 0 Å². The highest BCUT2D eigenvalue weighted by molar-refractivity contribution is 5.33. The summed E-state index contributed by atoms with van der Waals surface area (Å²) in [4.78, 5) is 0. The average molecular weight is 475 g/mol. The van der Waals surface area contributed by atoms with Crippen LogP contribution < -0.4 is 4.74 Å². The van der Waals surface area contributed by atoms with Gasteiger partial charge in [-0.25, -0.2) is 4.39 Å². The topological polar surface area (TPSA) is 18.5 Å². The van der Waals surface area contributed by atoms with Gasteiger partial charge in [-0.3, -0.25) is 0 Å². The highest BCUT2D eigenvalue weighted by atomic mass is 19.2. The Kier molecular flexibility index (Phi) is 9.45. The van der Waals surface area contributed by atoms with Crippen LogP contribution in [0.15, 0.2) is 23.8 Å². The molecule has 3 aliphatic carbocycles. The second-order valence-electron chi connectivity index (χ2n) is 10.9. The second-order valence-corrected chi connectivity index (χ2v) is 10.9. The molecule has 0 spiro atoms. The molecule has 1 aromatic carbocycles. The van der Waals surface area contributed by atoms with Crippen LogP contribution in [-0.2, 0) is 4.74 Å². The predicted molar refractivity (Wildman–Crippen MR) is 134 cm³/mol. The van der Waals surface area contributed by atoms with Crippen LogP contribution in [0, 0.1) is 29.4 Å². The standard InChI is InChI=1S/C30H44F2O2/c1-3-5-6-7-19-33-28-18-17-27(29(31)30(28)32)22-9-13-24(14-10-22)34-20-23-12-16-25-21(8-4-2)11-15-26(23)25/h11,17-18,22-26H,3-10,12-16,19-20H2,1-2H3. The third-order valence-electron chi connectivity index (χ3n) is 8.63. The molecule has 1 aromatic rings. The van der Waals surface area contributed by atoms with Crippen molar-refractivity contribution in [1.29, 1.82) is 0 Å². The van der Waals surface area contributed by atoms with E-state index in [1.165, 1.54) is 32.1 Å². The summed E-state index contributed by atoms with van der Waals surface area (Å²) in [6.07, 6.45) is 17.0. The molecule has 0 saturated heterocycles. The van der Waals surface area contributed by atoms with Crippen LogP contribution in [0.1, 0.15) is 109 Å². The van der Waals surface area contributed by atoms with E-state index < -0.39 is 11.6 Å². The van der Waals surface area contributed by atoms with E-state index in [1.54, 1.807) is 17.7 Å². The molecule has 190 valence electrons. The molecule has 4 rings (SSSR count). The number of unbranched alkanes of at least 4 members (excludes halogenated alkanes) is 3. The van der Waals surface area contributed by atoms with E-state index in [1.807, 2.05) is 0 Å². The SMILES string of the molecule is CCCCCCOc1ccc(C2CCC(OCC3CCC4C(CCC)=CCC34)CC2)c(F)c1F. The van der Waals surface area contributed by atoms with Gasteiger partial charge in [0.1, 0.15) is 0 Å². The summed E-state index contributed by atoms with van der Waals surface area (Å²) >= 11 is 0. The van der Waals surface area contributed by atoms with Gasteiger partial charge in [0.15, 0.2) is 11.6 Å². The largest absolute Gasteiger partial charge is 0.490 e. The third kappa shape index (κ3) is 6.04. The van der Waals surface area contributed by atoms with Crippen LogP contribution in [0.2, 0.25) is 0 Å². The highest BCUT2D eigenvalue weighted by Crippen LogP contribution is 2.49. The van der Waals surface area contributed by atoms with Gasteiger partial charge in [0.05, 0.1) is 19.3 Å². The van der Waals surface area contributed by atoms with Crippen molar-refractivity contribution in [3.63, 3.8) is 0 Å². The van der Waals surface area contributed by atoms with E-state index in [4.69, 9.17) is 9.47 Å². The van der Waals surface area contributed by atoms with Gasteiger partial charge >= 0.3 is 0 Å². The Morgan fingerprint density at radius 2 is 1.71 bits per heavy atom. The molecule has 3 aliphatic rings. The fourth-order valence-electron chi connectivity index (χ4n) is 6.67. The summed E-state index contributed by atoms with van der Waals surface area (Å²) in [6.45, 7) is 5.74. The first-order valence-electron chi connectivity index (χ1n) is 14.0. The number of halogens is 2. The normalized spacial score (nSPS) is 28.7. The summed E-state index contributed by atoms with van der Waals surface area (Å²) in [6, 6.07) is 3.36. The van der Waals surface area contributed by atoms with Gasteiger partial charge in [0, 0.05) is 0 Å². The Morgan fingerprint density at radius 3 is 2.47 bits per heavy atom. The van der Waals surface area contributed by atoms with E-state index in [0.717, 1.165) is 69.8 Å². The van der Waals surface area contributed by atoms with Gasteiger partial charge in [0.25, 0.3) is 0 Å². The summed E-state index contributed by atoms with van der Waals surface area (Å²) < 4.78 is 41.4. The second kappa shape index (κ2) is 12.5. The molecule has 3 atom stereocenters. The van der Waals surface area contributed by atoms with Crippen molar-refractivity contribution >= 4 is 0 Å². The fraction of sp³-hybridized carbons (Fsp3) is 0.733. The lowest BCUT2D eigenvalue weighted by molar-refractivity contribution is -0.00281. The predicted octanol–water partition coefficient (Wildman–Crippen LogP) is 8.74. The van der Waals surface area contributed by atoms with Crippen molar-refractivity contribution in [3.8, 4) is 5.75 Å². The van der Waals surface area contributed by atoms with Crippen molar-refractivity contribution in [2.75, 3.05) is 13.2 Å². The van der Waals surface area contributed by atoms with Crippen LogP contribution in [0.5, 0.6) is 5.75 Å². The molecular weight excluding hydrogens is 430 g/mol. The molecule has 0 aromatic heterocycles. The molecule has 0 heterocycles. The van der Waals surface area contributed by atoms with Gasteiger partial charge in [-0.05, 0) is 93.1 Å². The Labute approximate surface area is 205 Å². The minimum atomic E-state index is -0.824. The van der Waals surface area contributed by atoms with Gasteiger partial charge in [-0.1, -0.05) is 57.2 Å². The molecule has 2 fully saturated rings. The minimum absolute atomic E-state index is 0.0492.